The predicted molar refractivity (Wildman–Crippen MR) is 159 cm³/mol. The number of fused-ring (bicyclic) bond motifs is 9. The Bertz CT molecular complexity index is 1600. The number of nitriles is 1. The summed E-state index contributed by atoms with van der Waals surface area (Å²) in [5.74, 6) is -4.76. The van der Waals surface area contributed by atoms with Crippen molar-refractivity contribution in [2.75, 3.05) is 18.4 Å². The second-order valence-electron chi connectivity index (χ2n) is 12.7. The highest BCUT2D eigenvalue weighted by atomic mass is 19.3. The summed E-state index contributed by atoms with van der Waals surface area (Å²) >= 11 is 0. The number of hydrogen-bond acceptors (Lipinski definition) is 6. The highest BCUT2D eigenvalue weighted by molar-refractivity contribution is 5.87. The smallest absolute Gasteiger partial charge is 0.278 e. The van der Waals surface area contributed by atoms with E-state index < -0.39 is 34.7 Å². The van der Waals surface area contributed by atoms with Gasteiger partial charge in [-0.05, 0) is 71.5 Å². The predicted octanol–water partition coefficient (Wildman–Crippen LogP) is 6.82. The first-order valence-corrected chi connectivity index (χ1v) is 15.6. The van der Waals surface area contributed by atoms with Gasteiger partial charge in [-0.2, -0.15) is 5.26 Å². The van der Waals surface area contributed by atoms with Gasteiger partial charge in [0.15, 0.2) is 0 Å². The fourth-order valence-corrected chi connectivity index (χ4v) is 7.01. The van der Waals surface area contributed by atoms with Crippen LogP contribution in [0.4, 0.5) is 19.0 Å². The molecule has 3 aliphatic heterocycles. The van der Waals surface area contributed by atoms with Gasteiger partial charge in [0, 0.05) is 29.6 Å². The van der Waals surface area contributed by atoms with E-state index in [2.05, 4.69) is 33.2 Å². The monoisotopic (exact) mass is 592 g/mol. The van der Waals surface area contributed by atoms with Crippen LogP contribution in [0.5, 0.6) is 0 Å². The minimum Gasteiger partial charge on any atom is -0.363 e. The van der Waals surface area contributed by atoms with Crippen molar-refractivity contribution >= 4 is 16.9 Å². The average molecular weight is 593 g/mol. The maximum absolute atomic E-state index is 15.9. The minimum atomic E-state index is -3.30. The molecule has 1 N–H and O–H groups in total. The third-order valence-corrected chi connectivity index (χ3v) is 9.99. The Labute approximate surface area is 250 Å². The average Bonchev–Trinajstić information content (AvgIpc) is 3.80. The lowest BCUT2D eigenvalue weighted by Crippen LogP contribution is -2.43. The summed E-state index contributed by atoms with van der Waals surface area (Å²) in [6.07, 6.45) is 7.93. The molecule has 7 nitrogen and oxygen atoms in total. The van der Waals surface area contributed by atoms with E-state index in [4.69, 9.17) is 0 Å². The van der Waals surface area contributed by atoms with E-state index in [1.807, 2.05) is 0 Å². The van der Waals surface area contributed by atoms with E-state index in [1.54, 1.807) is 17.6 Å². The Hall–Kier alpha value is -3.45. The van der Waals surface area contributed by atoms with Crippen molar-refractivity contribution in [2.24, 2.45) is 5.92 Å². The van der Waals surface area contributed by atoms with Crippen molar-refractivity contribution in [3.8, 4) is 6.07 Å². The van der Waals surface area contributed by atoms with Gasteiger partial charge in [0.05, 0.1) is 28.5 Å². The van der Waals surface area contributed by atoms with E-state index >= 15 is 13.2 Å². The molecule has 1 aromatic carbocycles. The summed E-state index contributed by atoms with van der Waals surface area (Å²) in [6, 6.07) is 7.83. The van der Waals surface area contributed by atoms with Crippen LogP contribution in [-0.4, -0.2) is 38.6 Å². The molecule has 228 valence electrons. The summed E-state index contributed by atoms with van der Waals surface area (Å²) < 4.78 is 49.4. The molecule has 1 saturated heterocycles. The second kappa shape index (κ2) is 11.6. The van der Waals surface area contributed by atoms with E-state index in [9.17, 15) is 10.1 Å². The van der Waals surface area contributed by atoms with Crippen molar-refractivity contribution in [1.82, 2.24) is 19.4 Å². The molecule has 0 radical (unpaired) electrons. The lowest BCUT2D eigenvalue weighted by atomic mass is 9.84. The zero-order valence-corrected chi connectivity index (χ0v) is 24.9. The van der Waals surface area contributed by atoms with Crippen LogP contribution in [0, 0.1) is 23.1 Å². The van der Waals surface area contributed by atoms with Crippen LogP contribution >= 0.6 is 0 Å². The third kappa shape index (κ3) is 5.41. The van der Waals surface area contributed by atoms with Crippen molar-refractivity contribution in [2.45, 2.75) is 102 Å². The molecule has 1 saturated carbocycles. The number of halogens is 3. The van der Waals surface area contributed by atoms with Gasteiger partial charge >= 0.3 is 0 Å². The molecule has 43 heavy (non-hydrogen) atoms. The van der Waals surface area contributed by atoms with Crippen LogP contribution < -0.4 is 10.9 Å². The number of alkyl halides is 2. The summed E-state index contributed by atoms with van der Waals surface area (Å²) in [4.78, 5) is 24.9. The summed E-state index contributed by atoms with van der Waals surface area (Å²) in [6.45, 7) is 5.48. The summed E-state index contributed by atoms with van der Waals surface area (Å²) in [5, 5.41) is 13.7. The van der Waals surface area contributed by atoms with E-state index in [-0.39, 0.29) is 17.2 Å². The van der Waals surface area contributed by atoms with Gasteiger partial charge in [0.1, 0.15) is 23.6 Å². The number of rotatable bonds is 1. The van der Waals surface area contributed by atoms with Crippen molar-refractivity contribution < 1.29 is 13.2 Å². The lowest BCUT2D eigenvalue weighted by Gasteiger charge is -2.39. The van der Waals surface area contributed by atoms with Crippen LogP contribution in [0.1, 0.15) is 94.4 Å². The minimum absolute atomic E-state index is 0.116. The largest absolute Gasteiger partial charge is 0.363 e. The maximum Gasteiger partial charge on any atom is 0.278 e. The first-order chi connectivity index (χ1) is 20.7. The van der Waals surface area contributed by atoms with Crippen LogP contribution in [0.3, 0.4) is 0 Å². The van der Waals surface area contributed by atoms with Gasteiger partial charge in [0.2, 0.25) is 0 Å². The zero-order chi connectivity index (χ0) is 30.4. The van der Waals surface area contributed by atoms with E-state index in [0.717, 1.165) is 32.1 Å². The zero-order valence-electron chi connectivity index (χ0n) is 24.9. The highest BCUT2D eigenvalue weighted by Gasteiger charge is 2.48. The molecule has 10 heteroatoms. The van der Waals surface area contributed by atoms with Crippen LogP contribution in [0.2, 0.25) is 0 Å². The molecular formula is C33H39F3N6O. The van der Waals surface area contributed by atoms with Gasteiger partial charge in [-0.15, -0.1) is 0 Å². The number of hydrogen-bond donors (Lipinski definition) is 1. The van der Waals surface area contributed by atoms with Crippen LogP contribution in [0.25, 0.3) is 11.0 Å². The number of aromatic nitrogens is 3. The number of nitrogens with zero attached hydrogens (tertiary/aromatic N) is 5. The van der Waals surface area contributed by atoms with Crippen LogP contribution in [-0.2, 0) is 17.9 Å². The molecule has 2 atom stereocenters. The molecule has 1 aliphatic carbocycles. The number of nitrogens with one attached hydrogen (secondary N) is 1. The number of pyridine rings is 1. The summed E-state index contributed by atoms with van der Waals surface area (Å²) in [5.41, 5.74) is -0.612. The topological polar surface area (TPSA) is 86.8 Å². The molecule has 5 heterocycles. The maximum atomic E-state index is 15.9. The first-order valence-electron chi connectivity index (χ1n) is 15.6. The van der Waals surface area contributed by atoms with Gasteiger partial charge in [0.25, 0.3) is 11.5 Å². The second-order valence-corrected chi connectivity index (χ2v) is 12.7. The molecular weight excluding hydrogens is 553 g/mol. The molecule has 0 spiro atoms. The molecule has 2 fully saturated rings. The lowest BCUT2D eigenvalue weighted by molar-refractivity contribution is -0.0907. The Balaban J connectivity index is 1.43. The van der Waals surface area contributed by atoms with E-state index in [0.29, 0.717) is 67.7 Å². The van der Waals surface area contributed by atoms with Gasteiger partial charge in [-0.3, -0.25) is 9.36 Å². The van der Waals surface area contributed by atoms with Crippen molar-refractivity contribution in [3.63, 3.8) is 0 Å². The molecule has 7 rings (SSSR count). The number of anilines is 1. The SMILES string of the molecule is CC1CCCCCCn2c(=O)c(C3(C#N)CC3)cc3c(ncnc32)N[C@H](C)c2cccc(c2F)C(F)(F)C2CCN1CC2. The van der Waals surface area contributed by atoms with Gasteiger partial charge in [-0.25, -0.2) is 23.1 Å². The van der Waals surface area contributed by atoms with Crippen molar-refractivity contribution in [1.29, 1.82) is 5.26 Å². The summed E-state index contributed by atoms with van der Waals surface area (Å²) in [7, 11) is 0. The molecule has 0 amide bonds. The Morgan fingerprint density at radius 1 is 1.00 bits per heavy atom. The van der Waals surface area contributed by atoms with Gasteiger partial charge in [-0.1, -0.05) is 37.5 Å². The highest BCUT2D eigenvalue weighted by Crippen LogP contribution is 2.47. The molecule has 4 aliphatic rings. The Morgan fingerprint density at radius 2 is 1.74 bits per heavy atom. The van der Waals surface area contributed by atoms with E-state index in [1.165, 1.54) is 24.5 Å². The first kappa shape index (κ1) is 29.6. The molecule has 8 bridgehead atoms. The number of aryl methyl sites for hydroxylation is 1. The quantitative estimate of drug-likeness (QED) is 0.334. The Morgan fingerprint density at radius 3 is 2.47 bits per heavy atom. The fourth-order valence-electron chi connectivity index (χ4n) is 7.01. The Kier molecular flexibility index (Phi) is 7.97. The normalized spacial score (nSPS) is 27.2. The number of piperidine rings is 1. The molecule has 3 aromatic rings. The van der Waals surface area contributed by atoms with Gasteiger partial charge < -0.3 is 10.2 Å². The van der Waals surface area contributed by atoms with Crippen LogP contribution in [0.15, 0.2) is 35.4 Å². The van der Waals surface area contributed by atoms with Crippen molar-refractivity contribution in [3.05, 3.63) is 63.5 Å². The molecule has 2 aromatic heterocycles. The third-order valence-electron chi connectivity index (χ3n) is 9.99. The molecule has 1 unspecified atom stereocenters. The number of benzene rings is 1. The fraction of sp³-hybridized carbons (Fsp3) is 0.576. The standard InChI is InChI=1S/C33H39F3N6O/c1-21-8-5-3-4-6-15-42-30-25(18-27(31(42)43)32(19-37)13-14-32)29(38-20-39-30)40-22(2)24-9-7-10-26(28(24)34)33(35,36)23-11-16-41(21)17-12-23/h7,9-10,18,20-23H,3-6,8,11-17H2,1-2H3,(H,38,39,40)/t21?,22-/m1/s1.